The molecule has 1 aliphatic carbocycles. The highest BCUT2D eigenvalue weighted by molar-refractivity contribution is 5.82. The smallest absolute Gasteiger partial charge is 0.189 e. The van der Waals surface area contributed by atoms with E-state index in [0.29, 0.717) is 34.6 Å². The zero-order valence-electron chi connectivity index (χ0n) is 20.0. The Bertz CT molecular complexity index is 1340. The van der Waals surface area contributed by atoms with Crippen LogP contribution in [0, 0.1) is 5.82 Å². The number of aromatic nitrogens is 2. The summed E-state index contributed by atoms with van der Waals surface area (Å²) in [4.78, 5) is 10.8. The summed E-state index contributed by atoms with van der Waals surface area (Å²) in [5.41, 5.74) is 2.51. The van der Waals surface area contributed by atoms with Crippen LogP contribution in [-0.4, -0.2) is 48.2 Å². The van der Waals surface area contributed by atoms with Crippen molar-refractivity contribution in [2.75, 3.05) is 31.8 Å². The number of benzene rings is 2. The van der Waals surface area contributed by atoms with Crippen LogP contribution in [0.15, 0.2) is 67.0 Å². The molecule has 180 valence electrons. The summed E-state index contributed by atoms with van der Waals surface area (Å²) < 4.78 is 26.9. The zero-order chi connectivity index (χ0) is 24.4. The number of fused-ring (bicyclic) bond motifs is 1. The van der Waals surface area contributed by atoms with Crippen LogP contribution in [0.2, 0.25) is 0 Å². The first-order valence-corrected chi connectivity index (χ1v) is 11.5. The third kappa shape index (κ3) is 4.97. The number of pyridine rings is 2. The molecule has 1 fully saturated rings. The standard InChI is InChI=1S/C27H28FN5O2/c1-33(2)20-14-21(15-20)35-24-9-8-18(13-25(24)34-3)32-27-26(28)23(10-11-29-27)31-19-12-17-6-4-5-7-22(17)30-16-19/h4-13,16,20-21H,14-15H2,1-3H3,(H2,29,31,32). The Morgan fingerprint density at radius 1 is 0.943 bits per heavy atom. The average molecular weight is 474 g/mol. The maximum Gasteiger partial charge on any atom is 0.189 e. The van der Waals surface area contributed by atoms with Gasteiger partial charge in [-0.1, -0.05) is 18.2 Å². The Kier molecular flexibility index (Phi) is 6.37. The van der Waals surface area contributed by atoms with Crippen molar-refractivity contribution in [3.8, 4) is 11.5 Å². The molecule has 35 heavy (non-hydrogen) atoms. The molecule has 7 nitrogen and oxygen atoms in total. The Morgan fingerprint density at radius 3 is 2.57 bits per heavy atom. The van der Waals surface area contributed by atoms with Gasteiger partial charge in [-0.3, -0.25) is 4.98 Å². The number of rotatable bonds is 8. The second kappa shape index (κ2) is 9.76. The number of halogens is 1. The van der Waals surface area contributed by atoms with Gasteiger partial charge in [0.25, 0.3) is 0 Å². The quantitative estimate of drug-likeness (QED) is 0.338. The molecule has 1 aliphatic rings. The van der Waals surface area contributed by atoms with E-state index in [-0.39, 0.29) is 11.9 Å². The molecule has 2 N–H and O–H groups in total. The summed E-state index contributed by atoms with van der Waals surface area (Å²) in [5.74, 6) is 0.865. The maximum atomic E-state index is 15.3. The molecule has 0 unspecified atom stereocenters. The Hall–Kier alpha value is -3.91. The number of para-hydroxylation sites is 1. The Morgan fingerprint density at radius 2 is 1.77 bits per heavy atom. The summed E-state index contributed by atoms with van der Waals surface area (Å²) >= 11 is 0. The summed E-state index contributed by atoms with van der Waals surface area (Å²) in [7, 11) is 5.76. The van der Waals surface area contributed by atoms with E-state index in [4.69, 9.17) is 9.47 Å². The number of ether oxygens (including phenoxy) is 2. The van der Waals surface area contributed by atoms with E-state index < -0.39 is 5.82 Å². The topological polar surface area (TPSA) is 71.5 Å². The predicted octanol–water partition coefficient (Wildman–Crippen LogP) is 5.74. The fraction of sp³-hybridized carbons (Fsp3) is 0.259. The van der Waals surface area contributed by atoms with Crippen LogP contribution in [0.1, 0.15) is 12.8 Å². The molecule has 0 bridgehead atoms. The highest BCUT2D eigenvalue weighted by atomic mass is 19.1. The van der Waals surface area contributed by atoms with Gasteiger partial charge in [0.15, 0.2) is 23.1 Å². The van der Waals surface area contributed by atoms with Crippen LogP contribution in [0.5, 0.6) is 11.5 Å². The largest absolute Gasteiger partial charge is 0.493 e. The normalized spacial score (nSPS) is 17.2. The summed E-state index contributed by atoms with van der Waals surface area (Å²) in [6.45, 7) is 0. The summed E-state index contributed by atoms with van der Waals surface area (Å²) in [6, 6.07) is 17.3. The molecule has 2 aromatic heterocycles. The molecular formula is C27H28FN5O2. The third-order valence-electron chi connectivity index (χ3n) is 6.28. The van der Waals surface area contributed by atoms with Crippen LogP contribution >= 0.6 is 0 Å². The first kappa shape index (κ1) is 22.9. The van der Waals surface area contributed by atoms with Crippen LogP contribution in [0.25, 0.3) is 10.9 Å². The summed E-state index contributed by atoms with van der Waals surface area (Å²) in [6.07, 6.45) is 5.37. The second-order valence-corrected chi connectivity index (χ2v) is 8.88. The van der Waals surface area contributed by atoms with Gasteiger partial charge in [0.05, 0.1) is 30.2 Å². The number of hydrogen-bond donors (Lipinski definition) is 2. The van der Waals surface area contributed by atoms with Crippen molar-refractivity contribution in [3.63, 3.8) is 0 Å². The van der Waals surface area contributed by atoms with Crippen molar-refractivity contribution in [1.82, 2.24) is 14.9 Å². The molecule has 0 spiro atoms. The molecule has 0 radical (unpaired) electrons. The van der Waals surface area contributed by atoms with E-state index in [2.05, 4.69) is 39.6 Å². The molecule has 0 amide bonds. The third-order valence-corrected chi connectivity index (χ3v) is 6.28. The van der Waals surface area contributed by atoms with Gasteiger partial charge in [0.2, 0.25) is 0 Å². The van der Waals surface area contributed by atoms with E-state index >= 15 is 4.39 Å². The van der Waals surface area contributed by atoms with Gasteiger partial charge in [0, 0.05) is 29.4 Å². The minimum Gasteiger partial charge on any atom is -0.493 e. The molecule has 0 atom stereocenters. The number of methoxy groups -OCH3 is 1. The molecule has 0 saturated heterocycles. The molecule has 0 aliphatic heterocycles. The average Bonchev–Trinajstić information content (AvgIpc) is 2.83. The number of nitrogens with zero attached hydrogens (tertiary/aromatic N) is 3. The van der Waals surface area contributed by atoms with E-state index in [1.54, 1.807) is 31.6 Å². The van der Waals surface area contributed by atoms with Gasteiger partial charge >= 0.3 is 0 Å². The van der Waals surface area contributed by atoms with Gasteiger partial charge in [0.1, 0.15) is 6.10 Å². The van der Waals surface area contributed by atoms with Crippen molar-refractivity contribution in [3.05, 3.63) is 72.8 Å². The van der Waals surface area contributed by atoms with Gasteiger partial charge in [-0.05, 0) is 57.3 Å². The van der Waals surface area contributed by atoms with Gasteiger partial charge in [-0.25, -0.2) is 9.37 Å². The van der Waals surface area contributed by atoms with Crippen LogP contribution in [-0.2, 0) is 0 Å². The lowest BCUT2D eigenvalue weighted by molar-refractivity contribution is 0.0383. The number of nitrogens with one attached hydrogen (secondary N) is 2. The minimum absolute atomic E-state index is 0.104. The van der Waals surface area contributed by atoms with Gasteiger partial charge < -0.3 is 25.0 Å². The molecule has 5 rings (SSSR count). The lowest BCUT2D eigenvalue weighted by Crippen LogP contribution is -2.46. The second-order valence-electron chi connectivity index (χ2n) is 8.88. The van der Waals surface area contributed by atoms with Gasteiger partial charge in [-0.2, -0.15) is 0 Å². The highest BCUT2D eigenvalue weighted by Gasteiger charge is 2.32. The van der Waals surface area contributed by atoms with E-state index in [0.717, 1.165) is 23.7 Å². The highest BCUT2D eigenvalue weighted by Crippen LogP contribution is 2.36. The van der Waals surface area contributed by atoms with E-state index in [1.165, 1.54) is 0 Å². The van der Waals surface area contributed by atoms with Crippen molar-refractivity contribution >= 4 is 33.8 Å². The van der Waals surface area contributed by atoms with Crippen molar-refractivity contribution in [2.24, 2.45) is 0 Å². The molecule has 2 aromatic carbocycles. The van der Waals surface area contributed by atoms with E-state index in [1.807, 2.05) is 42.5 Å². The first-order chi connectivity index (χ1) is 17.0. The van der Waals surface area contributed by atoms with Crippen molar-refractivity contribution in [1.29, 1.82) is 0 Å². The van der Waals surface area contributed by atoms with E-state index in [9.17, 15) is 0 Å². The van der Waals surface area contributed by atoms with Crippen LogP contribution in [0.4, 0.5) is 27.3 Å². The first-order valence-electron chi connectivity index (χ1n) is 11.5. The molecule has 1 saturated carbocycles. The minimum atomic E-state index is -0.496. The van der Waals surface area contributed by atoms with Crippen molar-refractivity contribution in [2.45, 2.75) is 25.0 Å². The fourth-order valence-corrected chi connectivity index (χ4v) is 4.14. The molecule has 4 aromatic rings. The van der Waals surface area contributed by atoms with Crippen LogP contribution in [0.3, 0.4) is 0 Å². The zero-order valence-corrected chi connectivity index (χ0v) is 20.0. The van der Waals surface area contributed by atoms with Crippen molar-refractivity contribution < 1.29 is 13.9 Å². The number of anilines is 4. The van der Waals surface area contributed by atoms with Gasteiger partial charge in [-0.15, -0.1) is 0 Å². The SMILES string of the molecule is COc1cc(Nc2nccc(Nc3cnc4ccccc4c3)c2F)ccc1OC1CC(N(C)C)C1. The maximum absolute atomic E-state index is 15.3. The number of hydrogen-bond acceptors (Lipinski definition) is 7. The summed E-state index contributed by atoms with van der Waals surface area (Å²) in [5, 5.41) is 7.12. The molecule has 2 heterocycles. The molecular weight excluding hydrogens is 445 g/mol. The van der Waals surface area contributed by atoms with Crippen LogP contribution < -0.4 is 20.1 Å². The predicted molar refractivity (Wildman–Crippen MR) is 137 cm³/mol. The molecule has 8 heteroatoms. The fourth-order valence-electron chi connectivity index (χ4n) is 4.14. The lowest BCUT2D eigenvalue weighted by Gasteiger charge is -2.39. The Labute approximate surface area is 203 Å². The monoisotopic (exact) mass is 473 g/mol. The lowest BCUT2D eigenvalue weighted by atomic mass is 9.88. The Balaban J connectivity index is 1.30.